The molecule has 0 radical (unpaired) electrons. The summed E-state index contributed by atoms with van der Waals surface area (Å²) in [7, 11) is 0. The van der Waals surface area contributed by atoms with Crippen molar-refractivity contribution in [1.29, 1.82) is 0 Å². The van der Waals surface area contributed by atoms with Gasteiger partial charge in [0.15, 0.2) is 0 Å². The molecule has 0 aromatic heterocycles. The lowest BCUT2D eigenvalue weighted by atomic mass is 10.4. The maximum atomic E-state index is 5.43. The molecular weight excluding hydrogens is 128 g/mol. The predicted molar refractivity (Wildman–Crippen MR) is 37.8 cm³/mol. The summed E-state index contributed by atoms with van der Waals surface area (Å²) in [5, 5.41) is 0. The number of hydrogen-bond acceptors (Lipinski definition) is 2. The zero-order valence-corrected chi connectivity index (χ0v) is 5.69. The van der Waals surface area contributed by atoms with Gasteiger partial charge in [-0.05, 0) is 0 Å². The summed E-state index contributed by atoms with van der Waals surface area (Å²) >= 11 is 0. The molecule has 1 unspecified atom stereocenters. The first kappa shape index (κ1) is 6.13. The fourth-order valence-corrected chi connectivity index (χ4v) is 0.905. The molecule has 1 aliphatic heterocycles. The first-order valence-corrected chi connectivity index (χ1v) is 3.53. The van der Waals surface area contributed by atoms with Gasteiger partial charge in [0.1, 0.15) is 6.10 Å². The minimum Gasteiger partial charge on any atom is -0.371 e. The van der Waals surface area contributed by atoms with Gasteiger partial charge in [-0.15, -0.1) is 0 Å². The Labute approximate surface area is 60.1 Å². The van der Waals surface area contributed by atoms with Crippen LogP contribution in [0.25, 0.3) is 0 Å². The minimum atomic E-state index is 0.198. The molecule has 1 heterocycles. The van der Waals surface area contributed by atoms with Crippen LogP contribution in [0.4, 0.5) is 0 Å². The molecule has 1 atom stereocenters. The van der Waals surface area contributed by atoms with E-state index >= 15 is 0 Å². The Balaban J connectivity index is 1.69. The smallest absolute Gasteiger partial charge is 0.104 e. The van der Waals surface area contributed by atoms with Crippen LogP contribution >= 0.6 is 0 Å². The molecule has 2 heteroatoms. The molecule has 0 spiro atoms. The maximum absolute atomic E-state index is 5.43. The highest BCUT2D eigenvalue weighted by molar-refractivity contribution is 5.19. The van der Waals surface area contributed by atoms with Crippen molar-refractivity contribution in [3.8, 4) is 0 Å². The molecule has 0 aromatic carbocycles. The van der Waals surface area contributed by atoms with E-state index in [1.165, 1.54) is 0 Å². The number of rotatable bonds is 3. The van der Waals surface area contributed by atoms with Gasteiger partial charge in [0.05, 0.1) is 19.3 Å². The lowest BCUT2D eigenvalue weighted by Gasteiger charge is -2.04. The summed E-state index contributed by atoms with van der Waals surface area (Å²) in [6.07, 6.45) is 8.63. The quantitative estimate of drug-likeness (QED) is 0.540. The van der Waals surface area contributed by atoms with E-state index in [2.05, 4.69) is 0 Å². The third kappa shape index (κ3) is 1.46. The van der Waals surface area contributed by atoms with Gasteiger partial charge in [-0.25, -0.2) is 0 Å². The van der Waals surface area contributed by atoms with Gasteiger partial charge in [0, 0.05) is 0 Å². The van der Waals surface area contributed by atoms with Gasteiger partial charge in [-0.2, -0.15) is 0 Å². The molecule has 10 heavy (non-hydrogen) atoms. The van der Waals surface area contributed by atoms with Crippen LogP contribution in [0.5, 0.6) is 0 Å². The van der Waals surface area contributed by atoms with Crippen molar-refractivity contribution in [1.82, 2.24) is 0 Å². The van der Waals surface area contributed by atoms with Crippen molar-refractivity contribution in [3.63, 3.8) is 0 Å². The molecule has 0 amide bonds. The zero-order valence-electron chi connectivity index (χ0n) is 5.69. The van der Waals surface area contributed by atoms with E-state index in [1.807, 2.05) is 24.3 Å². The Bertz CT molecular complexity index is 156. The minimum absolute atomic E-state index is 0.198. The van der Waals surface area contributed by atoms with Crippen LogP contribution in [-0.4, -0.2) is 25.4 Å². The molecular formula is C8H10O2. The van der Waals surface area contributed by atoms with Crippen LogP contribution in [0.1, 0.15) is 0 Å². The third-order valence-electron chi connectivity index (χ3n) is 1.59. The van der Waals surface area contributed by atoms with Crippen molar-refractivity contribution in [2.45, 2.75) is 12.2 Å². The van der Waals surface area contributed by atoms with Crippen LogP contribution in [-0.2, 0) is 9.47 Å². The second-order valence-corrected chi connectivity index (χ2v) is 2.52. The Morgan fingerprint density at radius 2 is 2.10 bits per heavy atom. The predicted octanol–water partition coefficient (Wildman–Crippen LogP) is 0.896. The second-order valence-electron chi connectivity index (χ2n) is 2.52. The maximum Gasteiger partial charge on any atom is 0.104 e. The molecule has 0 N–H and O–H groups in total. The van der Waals surface area contributed by atoms with E-state index in [4.69, 9.17) is 9.47 Å². The SMILES string of the molecule is C1=CC(OCC2CO2)C=C1. The molecule has 2 aliphatic rings. The highest BCUT2D eigenvalue weighted by Crippen LogP contribution is 2.12. The van der Waals surface area contributed by atoms with Crippen molar-refractivity contribution in [2.24, 2.45) is 0 Å². The standard InChI is InChI=1S/C8H10O2/c1-2-4-7(3-1)9-5-8-6-10-8/h1-4,7-8H,5-6H2. The molecule has 1 saturated heterocycles. The fourth-order valence-electron chi connectivity index (χ4n) is 0.905. The van der Waals surface area contributed by atoms with E-state index < -0.39 is 0 Å². The summed E-state index contributed by atoms with van der Waals surface area (Å²) in [4.78, 5) is 0. The van der Waals surface area contributed by atoms with Crippen LogP contribution in [0.3, 0.4) is 0 Å². The van der Waals surface area contributed by atoms with Crippen LogP contribution in [0, 0.1) is 0 Å². The molecule has 2 nitrogen and oxygen atoms in total. The van der Waals surface area contributed by atoms with Crippen molar-refractivity contribution < 1.29 is 9.47 Å². The lowest BCUT2D eigenvalue weighted by Crippen LogP contribution is -2.09. The van der Waals surface area contributed by atoms with Gasteiger partial charge >= 0.3 is 0 Å². The highest BCUT2D eigenvalue weighted by Gasteiger charge is 2.23. The molecule has 1 fully saturated rings. The van der Waals surface area contributed by atoms with Crippen molar-refractivity contribution in [3.05, 3.63) is 24.3 Å². The normalized spacial score (nSPS) is 29.8. The van der Waals surface area contributed by atoms with Gasteiger partial charge in [0.25, 0.3) is 0 Å². The molecule has 1 aliphatic carbocycles. The monoisotopic (exact) mass is 138 g/mol. The summed E-state index contributed by atoms with van der Waals surface area (Å²) in [5.74, 6) is 0. The van der Waals surface area contributed by atoms with Crippen LogP contribution < -0.4 is 0 Å². The topological polar surface area (TPSA) is 21.8 Å². The van der Waals surface area contributed by atoms with Crippen LogP contribution in [0.15, 0.2) is 24.3 Å². The largest absolute Gasteiger partial charge is 0.371 e. The molecule has 0 saturated carbocycles. The molecule has 2 rings (SSSR count). The van der Waals surface area contributed by atoms with E-state index in [0.717, 1.165) is 13.2 Å². The molecule has 54 valence electrons. The van der Waals surface area contributed by atoms with Gasteiger partial charge < -0.3 is 9.47 Å². The van der Waals surface area contributed by atoms with E-state index in [0.29, 0.717) is 6.10 Å². The van der Waals surface area contributed by atoms with Crippen LogP contribution in [0.2, 0.25) is 0 Å². The van der Waals surface area contributed by atoms with Gasteiger partial charge in [0.2, 0.25) is 0 Å². The van der Waals surface area contributed by atoms with Gasteiger partial charge in [-0.3, -0.25) is 0 Å². The summed E-state index contributed by atoms with van der Waals surface area (Å²) < 4.78 is 10.4. The summed E-state index contributed by atoms with van der Waals surface area (Å²) in [5.41, 5.74) is 0. The Morgan fingerprint density at radius 1 is 1.40 bits per heavy atom. The number of epoxide rings is 1. The van der Waals surface area contributed by atoms with E-state index in [9.17, 15) is 0 Å². The first-order chi connectivity index (χ1) is 4.95. The zero-order chi connectivity index (χ0) is 6.81. The third-order valence-corrected chi connectivity index (χ3v) is 1.59. The fraction of sp³-hybridized carbons (Fsp3) is 0.500. The first-order valence-electron chi connectivity index (χ1n) is 3.53. The second kappa shape index (κ2) is 2.56. The van der Waals surface area contributed by atoms with Crippen molar-refractivity contribution in [2.75, 3.05) is 13.2 Å². The number of allylic oxidation sites excluding steroid dienone is 2. The Hall–Kier alpha value is -0.600. The lowest BCUT2D eigenvalue weighted by molar-refractivity contribution is 0.100. The summed E-state index contributed by atoms with van der Waals surface area (Å²) in [6, 6.07) is 0. The average molecular weight is 138 g/mol. The molecule has 0 bridgehead atoms. The molecule has 0 aromatic rings. The van der Waals surface area contributed by atoms with E-state index in [1.54, 1.807) is 0 Å². The van der Waals surface area contributed by atoms with Crippen molar-refractivity contribution >= 4 is 0 Å². The highest BCUT2D eigenvalue weighted by atomic mass is 16.6. The average Bonchev–Trinajstić information content (AvgIpc) is 2.63. The van der Waals surface area contributed by atoms with E-state index in [-0.39, 0.29) is 6.10 Å². The summed E-state index contributed by atoms with van der Waals surface area (Å²) in [6.45, 7) is 1.61. The van der Waals surface area contributed by atoms with Gasteiger partial charge in [-0.1, -0.05) is 24.3 Å². The number of hydrogen-bond donors (Lipinski definition) is 0. The number of ether oxygens (including phenoxy) is 2. The Morgan fingerprint density at radius 3 is 2.70 bits per heavy atom. The Kier molecular flexibility index (Phi) is 1.57.